The van der Waals surface area contributed by atoms with Gasteiger partial charge in [-0.2, -0.15) is 5.26 Å². The predicted molar refractivity (Wildman–Crippen MR) is 76.6 cm³/mol. The van der Waals surface area contributed by atoms with Crippen molar-refractivity contribution in [3.8, 4) is 11.8 Å². The number of nitrogens with zero attached hydrogens (tertiary/aromatic N) is 1. The van der Waals surface area contributed by atoms with Crippen molar-refractivity contribution < 1.29 is 13.9 Å². The summed E-state index contributed by atoms with van der Waals surface area (Å²) in [6.07, 6.45) is 0. The second-order valence-corrected chi connectivity index (χ2v) is 4.39. The van der Waals surface area contributed by atoms with E-state index in [2.05, 4.69) is 5.32 Å². The van der Waals surface area contributed by atoms with Gasteiger partial charge in [0.05, 0.1) is 0 Å². The molecule has 0 aliphatic rings. The normalized spacial score (nSPS) is 9.76. The second kappa shape index (κ2) is 6.53. The quantitative estimate of drug-likeness (QED) is 0.937. The van der Waals surface area contributed by atoms with Gasteiger partial charge in [0.15, 0.2) is 6.61 Å². The molecule has 2 aromatic rings. The van der Waals surface area contributed by atoms with Crippen molar-refractivity contribution in [3.05, 3.63) is 59.4 Å². The molecule has 0 bridgehead atoms. The third-order valence-electron chi connectivity index (χ3n) is 2.85. The minimum Gasteiger partial charge on any atom is -0.479 e. The Kier molecular flexibility index (Phi) is 4.52. The van der Waals surface area contributed by atoms with E-state index in [1.165, 1.54) is 6.07 Å². The predicted octanol–water partition coefficient (Wildman–Crippen LogP) is 3.29. The number of amides is 1. The first kappa shape index (κ1) is 14.5. The molecule has 4 nitrogen and oxygen atoms in total. The summed E-state index contributed by atoms with van der Waals surface area (Å²) < 4.78 is 18.5. The van der Waals surface area contributed by atoms with Gasteiger partial charge in [-0.1, -0.05) is 6.07 Å². The molecule has 0 aliphatic carbocycles. The number of anilines is 1. The summed E-state index contributed by atoms with van der Waals surface area (Å²) in [6.45, 7) is 1.60. The molecule has 0 fully saturated rings. The summed E-state index contributed by atoms with van der Waals surface area (Å²) in [5.41, 5.74) is 1.30. The molecule has 0 aromatic heterocycles. The maximum Gasteiger partial charge on any atom is 0.255 e. The van der Waals surface area contributed by atoms with E-state index in [0.29, 0.717) is 17.0 Å². The number of benzene rings is 2. The highest BCUT2D eigenvalue weighted by atomic mass is 19.1. The number of halogens is 1. The van der Waals surface area contributed by atoms with Gasteiger partial charge in [0.1, 0.15) is 17.6 Å². The van der Waals surface area contributed by atoms with Crippen LogP contribution in [0.3, 0.4) is 0 Å². The Hall–Kier alpha value is -2.87. The van der Waals surface area contributed by atoms with E-state index < -0.39 is 5.82 Å². The minimum atomic E-state index is -0.414. The van der Waals surface area contributed by atoms with Gasteiger partial charge in [0.2, 0.25) is 0 Å². The lowest BCUT2D eigenvalue weighted by molar-refractivity contribution is 0.102. The fraction of sp³-hybridized carbons (Fsp3) is 0.125. The number of aryl methyl sites for hydroxylation is 1. The van der Waals surface area contributed by atoms with Crippen molar-refractivity contribution >= 4 is 11.6 Å². The monoisotopic (exact) mass is 284 g/mol. The zero-order valence-electron chi connectivity index (χ0n) is 11.4. The molecule has 2 aromatic carbocycles. The molecule has 0 saturated carbocycles. The van der Waals surface area contributed by atoms with Crippen molar-refractivity contribution in [2.24, 2.45) is 0 Å². The zero-order chi connectivity index (χ0) is 15.2. The Bertz CT molecular complexity index is 690. The molecule has 5 heteroatoms. The topological polar surface area (TPSA) is 62.1 Å². The SMILES string of the molecule is Cc1ccc(C(=O)Nc2ccc(OCC#N)cc2)cc1F. The molecule has 0 heterocycles. The molecule has 1 N–H and O–H groups in total. The van der Waals surface area contributed by atoms with Crippen LogP contribution in [0.15, 0.2) is 42.5 Å². The van der Waals surface area contributed by atoms with E-state index in [4.69, 9.17) is 10.00 Å². The molecule has 0 unspecified atom stereocenters. The van der Waals surface area contributed by atoms with E-state index >= 15 is 0 Å². The molecular weight excluding hydrogens is 271 g/mol. The van der Waals surface area contributed by atoms with Gasteiger partial charge >= 0.3 is 0 Å². The lowest BCUT2D eigenvalue weighted by Gasteiger charge is -2.07. The Morgan fingerprint density at radius 3 is 2.62 bits per heavy atom. The van der Waals surface area contributed by atoms with Crippen LogP contribution in [0.1, 0.15) is 15.9 Å². The van der Waals surface area contributed by atoms with Crippen molar-refractivity contribution in [1.29, 1.82) is 5.26 Å². The number of carbonyl (C=O) groups excluding carboxylic acids is 1. The molecule has 0 spiro atoms. The van der Waals surface area contributed by atoms with E-state index in [0.717, 1.165) is 0 Å². The van der Waals surface area contributed by atoms with Gasteiger partial charge in [0, 0.05) is 11.3 Å². The van der Waals surface area contributed by atoms with E-state index in [-0.39, 0.29) is 18.1 Å². The summed E-state index contributed by atoms with van der Waals surface area (Å²) in [4.78, 5) is 12.0. The Morgan fingerprint density at radius 2 is 2.00 bits per heavy atom. The average Bonchev–Trinajstić information content (AvgIpc) is 2.49. The third kappa shape index (κ3) is 3.80. The average molecular weight is 284 g/mol. The highest BCUT2D eigenvalue weighted by Gasteiger charge is 2.08. The Morgan fingerprint density at radius 1 is 1.29 bits per heavy atom. The molecule has 106 valence electrons. The lowest BCUT2D eigenvalue weighted by atomic mass is 10.1. The molecule has 0 atom stereocenters. The zero-order valence-corrected chi connectivity index (χ0v) is 11.4. The smallest absolute Gasteiger partial charge is 0.255 e. The number of hydrogen-bond donors (Lipinski definition) is 1. The van der Waals surface area contributed by atoms with Crippen LogP contribution < -0.4 is 10.1 Å². The Labute approximate surface area is 121 Å². The van der Waals surface area contributed by atoms with Crippen LogP contribution in [0.4, 0.5) is 10.1 Å². The Balaban J connectivity index is 2.05. The number of nitrogens with one attached hydrogen (secondary N) is 1. The van der Waals surface area contributed by atoms with Gasteiger partial charge in [0.25, 0.3) is 5.91 Å². The van der Waals surface area contributed by atoms with Crippen LogP contribution in [0.5, 0.6) is 5.75 Å². The fourth-order valence-electron chi connectivity index (χ4n) is 1.69. The van der Waals surface area contributed by atoms with E-state index in [1.54, 1.807) is 43.3 Å². The number of rotatable bonds is 4. The molecule has 0 aliphatic heterocycles. The van der Waals surface area contributed by atoms with Crippen molar-refractivity contribution in [1.82, 2.24) is 0 Å². The van der Waals surface area contributed by atoms with Crippen LogP contribution in [0, 0.1) is 24.1 Å². The van der Waals surface area contributed by atoms with Crippen LogP contribution in [0.2, 0.25) is 0 Å². The third-order valence-corrected chi connectivity index (χ3v) is 2.85. The van der Waals surface area contributed by atoms with Crippen molar-refractivity contribution in [2.45, 2.75) is 6.92 Å². The highest BCUT2D eigenvalue weighted by Crippen LogP contribution is 2.17. The van der Waals surface area contributed by atoms with Crippen LogP contribution in [-0.2, 0) is 0 Å². The van der Waals surface area contributed by atoms with Crippen LogP contribution >= 0.6 is 0 Å². The molecule has 0 radical (unpaired) electrons. The first-order valence-corrected chi connectivity index (χ1v) is 6.27. The highest BCUT2D eigenvalue weighted by molar-refractivity contribution is 6.04. The van der Waals surface area contributed by atoms with Crippen LogP contribution in [0.25, 0.3) is 0 Å². The molecule has 21 heavy (non-hydrogen) atoms. The summed E-state index contributed by atoms with van der Waals surface area (Å²) >= 11 is 0. The van der Waals surface area contributed by atoms with Crippen LogP contribution in [-0.4, -0.2) is 12.5 Å². The van der Waals surface area contributed by atoms with Gasteiger partial charge in [-0.25, -0.2) is 4.39 Å². The van der Waals surface area contributed by atoms with Gasteiger partial charge < -0.3 is 10.1 Å². The van der Waals surface area contributed by atoms with Crippen molar-refractivity contribution in [3.63, 3.8) is 0 Å². The summed E-state index contributed by atoms with van der Waals surface area (Å²) in [5, 5.41) is 11.1. The summed E-state index contributed by atoms with van der Waals surface area (Å²) in [7, 11) is 0. The number of hydrogen-bond acceptors (Lipinski definition) is 3. The van der Waals surface area contributed by atoms with Gasteiger partial charge in [-0.3, -0.25) is 4.79 Å². The van der Waals surface area contributed by atoms with Gasteiger partial charge in [-0.15, -0.1) is 0 Å². The molecule has 2 rings (SSSR count). The number of ether oxygens (including phenoxy) is 1. The van der Waals surface area contributed by atoms with Gasteiger partial charge in [-0.05, 0) is 48.9 Å². The largest absolute Gasteiger partial charge is 0.479 e. The summed E-state index contributed by atoms with van der Waals surface area (Å²) in [5.74, 6) is -0.265. The second-order valence-electron chi connectivity index (χ2n) is 4.39. The first-order valence-electron chi connectivity index (χ1n) is 6.27. The standard InChI is InChI=1S/C16H13FN2O2/c1-11-2-3-12(10-15(11)17)16(20)19-13-4-6-14(7-5-13)21-9-8-18/h2-7,10H,9H2,1H3,(H,19,20). The number of carbonyl (C=O) groups is 1. The summed E-state index contributed by atoms with van der Waals surface area (Å²) in [6, 6.07) is 12.8. The maximum absolute atomic E-state index is 13.4. The molecule has 1 amide bonds. The molecule has 0 saturated heterocycles. The maximum atomic E-state index is 13.4. The van der Waals surface area contributed by atoms with E-state index in [9.17, 15) is 9.18 Å². The van der Waals surface area contributed by atoms with Crippen molar-refractivity contribution in [2.75, 3.05) is 11.9 Å². The van der Waals surface area contributed by atoms with E-state index in [1.807, 2.05) is 6.07 Å². The lowest BCUT2D eigenvalue weighted by Crippen LogP contribution is -2.12. The number of nitriles is 1. The molecular formula is C16H13FN2O2. The first-order chi connectivity index (χ1) is 10.1. The fourth-order valence-corrected chi connectivity index (χ4v) is 1.69. The minimum absolute atomic E-state index is 0.0334.